The summed E-state index contributed by atoms with van der Waals surface area (Å²) in [7, 11) is 0. The predicted molar refractivity (Wildman–Crippen MR) is 106 cm³/mol. The van der Waals surface area contributed by atoms with Crippen molar-refractivity contribution in [2.24, 2.45) is 5.92 Å². The van der Waals surface area contributed by atoms with Crippen molar-refractivity contribution < 1.29 is 4.79 Å². The van der Waals surface area contributed by atoms with Crippen LogP contribution in [0.4, 0.5) is 11.6 Å². The molecular formula is C19H17Cl2N5O. The lowest BCUT2D eigenvalue weighted by atomic mass is 9.85. The standard InChI is InChI=1S/C19H17Cl2N5O/c1-11-16(18(27)25-13-5-3-2-4-6-13)17(26-19(24-11)22-10-23-26)12-7-8-14(20)15(21)9-12/h2-11,16-17H,1H3,(H,25,27)(H,22,23,24)/t11-,16+,17-/m0/s1. The van der Waals surface area contributed by atoms with Crippen LogP contribution in [0.3, 0.4) is 0 Å². The van der Waals surface area contributed by atoms with E-state index in [0.717, 1.165) is 11.3 Å². The largest absolute Gasteiger partial charge is 0.351 e. The lowest BCUT2D eigenvalue weighted by Crippen LogP contribution is -2.46. The van der Waals surface area contributed by atoms with Gasteiger partial charge >= 0.3 is 0 Å². The van der Waals surface area contributed by atoms with Gasteiger partial charge in [0.2, 0.25) is 11.9 Å². The molecule has 0 bridgehead atoms. The smallest absolute Gasteiger partial charge is 0.232 e. The Morgan fingerprint density at radius 3 is 2.67 bits per heavy atom. The fourth-order valence-corrected chi connectivity index (χ4v) is 3.74. The number of amides is 1. The van der Waals surface area contributed by atoms with Crippen LogP contribution in [0.1, 0.15) is 18.5 Å². The molecule has 4 rings (SSSR count). The third-order valence-electron chi connectivity index (χ3n) is 4.70. The van der Waals surface area contributed by atoms with Crippen LogP contribution in [-0.2, 0) is 4.79 Å². The number of nitrogens with one attached hydrogen (secondary N) is 2. The molecule has 0 aliphatic carbocycles. The van der Waals surface area contributed by atoms with Crippen LogP contribution < -0.4 is 10.6 Å². The molecule has 1 aliphatic heterocycles. The molecule has 1 aromatic heterocycles. The van der Waals surface area contributed by atoms with E-state index in [1.165, 1.54) is 6.33 Å². The summed E-state index contributed by atoms with van der Waals surface area (Å²) in [5.41, 5.74) is 1.59. The number of hydrogen-bond donors (Lipinski definition) is 2. The topological polar surface area (TPSA) is 71.8 Å². The van der Waals surface area contributed by atoms with Crippen molar-refractivity contribution in [3.8, 4) is 0 Å². The number of rotatable bonds is 3. The van der Waals surface area contributed by atoms with E-state index < -0.39 is 5.92 Å². The Bertz CT molecular complexity index is 975. The third kappa shape index (κ3) is 3.38. The highest BCUT2D eigenvalue weighted by molar-refractivity contribution is 6.42. The van der Waals surface area contributed by atoms with Crippen molar-refractivity contribution >= 4 is 40.7 Å². The zero-order chi connectivity index (χ0) is 19.0. The molecule has 8 heteroatoms. The van der Waals surface area contributed by atoms with Gasteiger partial charge in [-0.25, -0.2) is 4.68 Å². The van der Waals surface area contributed by atoms with Crippen LogP contribution in [0, 0.1) is 5.92 Å². The minimum absolute atomic E-state index is 0.113. The maximum Gasteiger partial charge on any atom is 0.232 e. The maximum absolute atomic E-state index is 13.2. The van der Waals surface area contributed by atoms with E-state index in [4.69, 9.17) is 23.2 Å². The number of hydrogen-bond acceptors (Lipinski definition) is 4. The molecule has 3 aromatic rings. The van der Waals surface area contributed by atoms with Crippen LogP contribution in [0.5, 0.6) is 0 Å². The summed E-state index contributed by atoms with van der Waals surface area (Å²) in [6.45, 7) is 1.96. The molecule has 27 heavy (non-hydrogen) atoms. The van der Waals surface area contributed by atoms with E-state index >= 15 is 0 Å². The molecule has 0 fully saturated rings. The number of para-hydroxylation sites is 1. The zero-order valence-electron chi connectivity index (χ0n) is 14.4. The second kappa shape index (κ2) is 7.21. The van der Waals surface area contributed by atoms with E-state index in [1.807, 2.05) is 43.3 Å². The molecule has 0 unspecified atom stereocenters. The van der Waals surface area contributed by atoms with Gasteiger partial charge < -0.3 is 10.6 Å². The van der Waals surface area contributed by atoms with Gasteiger partial charge in [-0.3, -0.25) is 4.79 Å². The molecule has 6 nitrogen and oxygen atoms in total. The van der Waals surface area contributed by atoms with E-state index in [-0.39, 0.29) is 18.0 Å². The predicted octanol–water partition coefficient (Wildman–Crippen LogP) is 4.24. The molecule has 1 aliphatic rings. The highest BCUT2D eigenvalue weighted by Gasteiger charge is 2.41. The number of nitrogens with zero attached hydrogens (tertiary/aromatic N) is 3. The molecule has 0 saturated carbocycles. The number of fused-ring (bicyclic) bond motifs is 1. The van der Waals surface area contributed by atoms with Crippen LogP contribution in [0.2, 0.25) is 10.0 Å². The third-order valence-corrected chi connectivity index (χ3v) is 5.44. The minimum atomic E-state index is -0.434. The normalized spacial score (nSPS) is 21.2. The quantitative estimate of drug-likeness (QED) is 0.688. The Morgan fingerprint density at radius 2 is 1.93 bits per heavy atom. The average molecular weight is 402 g/mol. The summed E-state index contributed by atoms with van der Waals surface area (Å²) in [6.07, 6.45) is 1.47. The molecule has 138 valence electrons. The Hall–Kier alpha value is -2.57. The van der Waals surface area contributed by atoms with Gasteiger partial charge in [0.15, 0.2) is 0 Å². The van der Waals surface area contributed by atoms with E-state index in [1.54, 1.807) is 16.8 Å². The van der Waals surface area contributed by atoms with Crippen LogP contribution in [0.15, 0.2) is 54.9 Å². The lowest BCUT2D eigenvalue weighted by molar-refractivity contribution is -0.121. The van der Waals surface area contributed by atoms with Gasteiger partial charge in [-0.05, 0) is 36.8 Å². The van der Waals surface area contributed by atoms with Crippen LogP contribution in [0.25, 0.3) is 0 Å². The highest BCUT2D eigenvalue weighted by Crippen LogP contribution is 2.38. The fraction of sp³-hybridized carbons (Fsp3) is 0.211. The number of anilines is 2. The molecule has 3 atom stereocenters. The van der Waals surface area contributed by atoms with E-state index in [9.17, 15) is 4.79 Å². The number of benzene rings is 2. The Labute approximate surface area is 166 Å². The summed E-state index contributed by atoms with van der Waals surface area (Å²) in [4.78, 5) is 17.4. The second-order valence-electron chi connectivity index (χ2n) is 6.46. The molecule has 0 radical (unpaired) electrons. The first-order valence-electron chi connectivity index (χ1n) is 8.51. The molecule has 0 spiro atoms. The average Bonchev–Trinajstić information content (AvgIpc) is 3.11. The monoisotopic (exact) mass is 401 g/mol. The van der Waals surface area contributed by atoms with Gasteiger partial charge in [0.05, 0.1) is 22.0 Å². The number of aromatic nitrogens is 3. The van der Waals surface area contributed by atoms with Crippen molar-refractivity contribution in [1.29, 1.82) is 0 Å². The zero-order valence-corrected chi connectivity index (χ0v) is 15.9. The van der Waals surface area contributed by atoms with Gasteiger partial charge in [-0.2, -0.15) is 10.1 Å². The van der Waals surface area contributed by atoms with Gasteiger partial charge in [-0.1, -0.05) is 47.5 Å². The lowest BCUT2D eigenvalue weighted by Gasteiger charge is -2.37. The molecule has 2 aromatic carbocycles. The summed E-state index contributed by atoms with van der Waals surface area (Å²) in [5, 5.41) is 11.5. The van der Waals surface area contributed by atoms with Gasteiger partial charge in [0, 0.05) is 11.7 Å². The van der Waals surface area contributed by atoms with Gasteiger partial charge in [0.1, 0.15) is 6.33 Å². The van der Waals surface area contributed by atoms with Gasteiger partial charge in [0.25, 0.3) is 0 Å². The SMILES string of the molecule is C[C@@H]1Nc2ncnn2[C@@H](c2ccc(Cl)c(Cl)c2)[C@@H]1C(=O)Nc1ccccc1. The molecule has 0 saturated heterocycles. The Balaban J connectivity index is 1.75. The summed E-state index contributed by atoms with van der Waals surface area (Å²) < 4.78 is 1.72. The molecule has 2 N–H and O–H groups in total. The van der Waals surface area contributed by atoms with Crippen molar-refractivity contribution in [3.05, 3.63) is 70.5 Å². The Morgan fingerprint density at radius 1 is 1.15 bits per heavy atom. The van der Waals surface area contributed by atoms with Crippen molar-refractivity contribution in [2.45, 2.75) is 19.0 Å². The van der Waals surface area contributed by atoms with Crippen LogP contribution >= 0.6 is 23.2 Å². The molecular weight excluding hydrogens is 385 g/mol. The Kier molecular flexibility index (Phi) is 4.76. The minimum Gasteiger partial charge on any atom is -0.351 e. The molecule has 1 amide bonds. The van der Waals surface area contributed by atoms with Gasteiger partial charge in [-0.15, -0.1) is 0 Å². The second-order valence-corrected chi connectivity index (χ2v) is 7.28. The molecule has 2 heterocycles. The van der Waals surface area contributed by atoms with Crippen molar-refractivity contribution in [2.75, 3.05) is 10.6 Å². The van der Waals surface area contributed by atoms with E-state index in [2.05, 4.69) is 20.7 Å². The fourth-order valence-electron chi connectivity index (χ4n) is 3.44. The summed E-state index contributed by atoms with van der Waals surface area (Å²) >= 11 is 12.3. The van der Waals surface area contributed by atoms with Crippen molar-refractivity contribution in [1.82, 2.24) is 14.8 Å². The highest BCUT2D eigenvalue weighted by atomic mass is 35.5. The summed E-state index contributed by atoms with van der Waals surface area (Å²) in [5.74, 6) is 0.0670. The first kappa shape index (κ1) is 17.8. The van der Waals surface area contributed by atoms with Crippen LogP contribution in [-0.4, -0.2) is 26.7 Å². The first-order valence-corrected chi connectivity index (χ1v) is 9.27. The summed E-state index contributed by atoms with van der Waals surface area (Å²) in [6, 6.07) is 14.2. The number of carbonyl (C=O) groups excluding carboxylic acids is 1. The van der Waals surface area contributed by atoms with Crippen molar-refractivity contribution in [3.63, 3.8) is 0 Å². The maximum atomic E-state index is 13.2. The number of carbonyl (C=O) groups is 1. The first-order chi connectivity index (χ1) is 13.0. The number of halogens is 2. The van der Waals surface area contributed by atoms with E-state index in [0.29, 0.717) is 16.0 Å².